The van der Waals surface area contributed by atoms with Crippen molar-refractivity contribution >= 4 is 32.6 Å². The lowest BCUT2D eigenvalue weighted by molar-refractivity contribution is 0.184. The third-order valence-electron chi connectivity index (χ3n) is 5.64. The molecule has 8 heteroatoms. The number of fused-ring (bicyclic) bond motifs is 1. The number of benzene rings is 2. The van der Waals surface area contributed by atoms with Gasteiger partial charge in [0, 0.05) is 56.0 Å². The van der Waals surface area contributed by atoms with Crippen molar-refractivity contribution < 1.29 is 13.2 Å². The first-order chi connectivity index (χ1) is 14.3. The number of carbonyl (C=O) groups is 1. The first kappa shape index (κ1) is 20.4. The molecule has 4 rings (SSSR count). The van der Waals surface area contributed by atoms with Crippen molar-refractivity contribution in [2.24, 2.45) is 7.05 Å². The summed E-state index contributed by atoms with van der Waals surface area (Å²) < 4.78 is 29.6. The molecular weight excluding hydrogens is 400 g/mol. The van der Waals surface area contributed by atoms with E-state index in [-0.39, 0.29) is 24.0 Å². The lowest BCUT2D eigenvalue weighted by Gasteiger charge is -2.34. The molecule has 2 heterocycles. The van der Waals surface area contributed by atoms with Gasteiger partial charge in [-0.25, -0.2) is 13.2 Å². The third kappa shape index (κ3) is 3.80. The molecule has 0 aliphatic carbocycles. The second-order valence-electron chi connectivity index (χ2n) is 7.79. The van der Waals surface area contributed by atoms with Crippen molar-refractivity contribution in [1.29, 1.82) is 0 Å². The molecule has 0 atom stereocenters. The average Bonchev–Trinajstić information content (AvgIpc) is 3.10. The molecule has 2 amide bonds. The van der Waals surface area contributed by atoms with Crippen LogP contribution in [0.5, 0.6) is 0 Å². The number of sulfonamides is 1. The van der Waals surface area contributed by atoms with E-state index in [1.165, 1.54) is 4.31 Å². The van der Waals surface area contributed by atoms with Crippen LogP contribution in [-0.4, -0.2) is 54.4 Å². The molecule has 7 nitrogen and oxygen atoms in total. The largest absolute Gasteiger partial charge is 0.351 e. The van der Waals surface area contributed by atoms with E-state index in [0.29, 0.717) is 13.1 Å². The number of anilines is 1. The predicted molar refractivity (Wildman–Crippen MR) is 118 cm³/mol. The van der Waals surface area contributed by atoms with Gasteiger partial charge in [-0.1, -0.05) is 17.7 Å². The summed E-state index contributed by atoms with van der Waals surface area (Å²) in [7, 11) is -1.67. The van der Waals surface area contributed by atoms with Crippen molar-refractivity contribution in [3.63, 3.8) is 0 Å². The number of nitrogens with zero attached hydrogens (tertiary/aromatic N) is 3. The van der Waals surface area contributed by atoms with Crippen LogP contribution in [0.25, 0.3) is 10.9 Å². The van der Waals surface area contributed by atoms with Crippen LogP contribution in [0.4, 0.5) is 10.5 Å². The first-order valence-electron chi connectivity index (χ1n) is 9.94. The zero-order valence-electron chi connectivity index (χ0n) is 17.4. The summed E-state index contributed by atoms with van der Waals surface area (Å²) in [5.41, 5.74) is 3.90. The maximum Gasteiger partial charge on any atom is 0.321 e. The molecule has 1 aliphatic rings. The summed E-state index contributed by atoms with van der Waals surface area (Å²) >= 11 is 0. The van der Waals surface area contributed by atoms with E-state index in [0.717, 1.165) is 27.7 Å². The number of aromatic nitrogens is 1. The Labute approximate surface area is 176 Å². The van der Waals surface area contributed by atoms with Gasteiger partial charge >= 0.3 is 6.03 Å². The topological polar surface area (TPSA) is 74.7 Å². The minimum atomic E-state index is -3.60. The number of hydrogen-bond donors (Lipinski definition) is 1. The highest BCUT2D eigenvalue weighted by Crippen LogP contribution is 2.24. The standard InChI is InChI=1S/C22H26N4O3S/c1-16-4-6-20(17(2)14-16)23-22(27)25-10-12-26(13-11-25)30(28,29)19-5-7-21-18(15-19)8-9-24(21)3/h4-9,14-15H,10-13H2,1-3H3,(H,23,27). The van der Waals surface area contributed by atoms with Gasteiger partial charge in [0.2, 0.25) is 10.0 Å². The van der Waals surface area contributed by atoms with Crippen LogP contribution in [0.15, 0.2) is 53.6 Å². The number of hydrogen-bond acceptors (Lipinski definition) is 3. The Bertz CT molecular complexity index is 1210. The van der Waals surface area contributed by atoms with E-state index >= 15 is 0 Å². The predicted octanol–water partition coefficient (Wildman–Crippen LogP) is 3.33. The van der Waals surface area contributed by atoms with Gasteiger partial charge in [-0.2, -0.15) is 4.31 Å². The smallest absolute Gasteiger partial charge is 0.321 e. The maximum atomic E-state index is 13.1. The summed E-state index contributed by atoms with van der Waals surface area (Å²) in [5.74, 6) is 0. The Morgan fingerprint density at radius 2 is 1.70 bits per heavy atom. The van der Waals surface area contributed by atoms with E-state index < -0.39 is 10.0 Å². The van der Waals surface area contributed by atoms with Crippen LogP contribution >= 0.6 is 0 Å². The molecular formula is C22H26N4O3S. The lowest BCUT2D eigenvalue weighted by Crippen LogP contribution is -2.51. The second-order valence-corrected chi connectivity index (χ2v) is 9.72. The average molecular weight is 427 g/mol. The van der Waals surface area contributed by atoms with E-state index in [2.05, 4.69) is 5.32 Å². The highest BCUT2D eigenvalue weighted by atomic mass is 32.2. The van der Waals surface area contributed by atoms with Gasteiger partial charge in [-0.3, -0.25) is 0 Å². The molecule has 30 heavy (non-hydrogen) atoms. The Hall–Kier alpha value is -2.84. The lowest BCUT2D eigenvalue weighted by atomic mass is 10.1. The summed E-state index contributed by atoms with van der Waals surface area (Å²) in [6.07, 6.45) is 1.91. The highest BCUT2D eigenvalue weighted by molar-refractivity contribution is 7.89. The zero-order valence-corrected chi connectivity index (χ0v) is 18.2. The molecule has 2 aromatic carbocycles. The zero-order chi connectivity index (χ0) is 21.5. The van der Waals surface area contributed by atoms with Gasteiger partial charge < -0.3 is 14.8 Å². The first-order valence-corrected chi connectivity index (χ1v) is 11.4. The van der Waals surface area contributed by atoms with E-state index in [4.69, 9.17) is 0 Å². The van der Waals surface area contributed by atoms with Crippen LogP contribution < -0.4 is 5.32 Å². The number of carbonyl (C=O) groups excluding carboxylic acids is 1. The fourth-order valence-corrected chi connectivity index (χ4v) is 5.31. The molecule has 158 valence electrons. The normalized spacial score (nSPS) is 15.5. The molecule has 0 unspecified atom stereocenters. The Morgan fingerprint density at radius 1 is 0.967 bits per heavy atom. The number of aryl methyl sites for hydroxylation is 3. The van der Waals surface area contributed by atoms with Crippen molar-refractivity contribution in [3.05, 3.63) is 59.8 Å². The number of urea groups is 1. The second kappa shape index (κ2) is 7.77. The molecule has 0 bridgehead atoms. The Morgan fingerprint density at radius 3 is 2.40 bits per heavy atom. The molecule has 0 spiro atoms. The number of amides is 2. The van der Waals surface area contributed by atoms with Crippen molar-refractivity contribution in [1.82, 2.24) is 13.8 Å². The van der Waals surface area contributed by atoms with Crippen molar-refractivity contribution in [3.8, 4) is 0 Å². The van der Waals surface area contributed by atoms with E-state index in [9.17, 15) is 13.2 Å². The van der Waals surface area contributed by atoms with Gasteiger partial charge in [0.15, 0.2) is 0 Å². The summed E-state index contributed by atoms with van der Waals surface area (Å²) in [6, 6.07) is 12.8. The molecule has 3 aromatic rings. The quantitative estimate of drug-likeness (QED) is 0.698. The molecule has 1 saturated heterocycles. The summed E-state index contributed by atoms with van der Waals surface area (Å²) in [4.78, 5) is 14.6. The van der Waals surface area contributed by atoms with Crippen LogP contribution in [0.3, 0.4) is 0 Å². The fraction of sp³-hybridized carbons (Fsp3) is 0.318. The number of piperazine rings is 1. The molecule has 1 aliphatic heterocycles. The van der Waals surface area contributed by atoms with Gasteiger partial charge in [-0.15, -0.1) is 0 Å². The monoisotopic (exact) mass is 426 g/mol. The minimum absolute atomic E-state index is 0.204. The van der Waals surface area contributed by atoms with E-state index in [1.807, 2.05) is 62.0 Å². The van der Waals surface area contributed by atoms with Crippen LogP contribution in [0.2, 0.25) is 0 Å². The highest BCUT2D eigenvalue weighted by Gasteiger charge is 2.30. The Kier molecular flexibility index (Phi) is 5.29. The summed E-state index contributed by atoms with van der Waals surface area (Å²) in [5, 5.41) is 3.83. The maximum absolute atomic E-state index is 13.1. The van der Waals surface area contributed by atoms with E-state index in [1.54, 1.807) is 17.0 Å². The van der Waals surface area contributed by atoms with Crippen LogP contribution in [-0.2, 0) is 17.1 Å². The van der Waals surface area contributed by atoms with Gasteiger partial charge in [0.25, 0.3) is 0 Å². The molecule has 1 aromatic heterocycles. The van der Waals surface area contributed by atoms with Gasteiger partial charge in [0.05, 0.1) is 4.90 Å². The molecule has 0 radical (unpaired) electrons. The number of rotatable bonds is 3. The molecule has 0 saturated carbocycles. The fourth-order valence-electron chi connectivity index (χ4n) is 3.85. The Balaban J connectivity index is 1.43. The third-order valence-corrected chi connectivity index (χ3v) is 7.54. The van der Waals surface area contributed by atoms with Gasteiger partial charge in [-0.05, 0) is 49.7 Å². The summed E-state index contributed by atoms with van der Waals surface area (Å²) in [6.45, 7) is 5.21. The van der Waals surface area contributed by atoms with Gasteiger partial charge in [0.1, 0.15) is 0 Å². The van der Waals surface area contributed by atoms with Crippen molar-refractivity contribution in [2.45, 2.75) is 18.7 Å². The molecule has 1 fully saturated rings. The molecule has 1 N–H and O–H groups in total. The SMILES string of the molecule is Cc1ccc(NC(=O)N2CCN(S(=O)(=O)c3ccc4c(ccn4C)c3)CC2)c(C)c1. The van der Waals surface area contributed by atoms with Crippen molar-refractivity contribution in [2.75, 3.05) is 31.5 Å². The van der Waals surface area contributed by atoms with Crippen LogP contribution in [0, 0.1) is 13.8 Å². The minimum Gasteiger partial charge on any atom is -0.351 e. The number of nitrogens with one attached hydrogen (secondary N) is 1. The van der Waals surface area contributed by atoms with Crippen LogP contribution in [0.1, 0.15) is 11.1 Å².